The molecule has 0 unspecified atom stereocenters. The minimum absolute atomic E-state index is 0. The van der Waals surface area contributed by atoms with Crippen molar-refractivity contribution in [2.24, 2.45) is 0 Å². The Morgan fingerprint density at radius 3 is 1.40 bits per heavy atom. The second-order valence-corrected chi connectivity index (χ2v) is 0.750. The van der Waals surface area contributed by atoms with Gasteiger partial charge in [0.15, 0.2) is 0 Å². The van der Waals surface area contributed by atoms with E-state index in [9.17, 15) is 0 Å². The third-order valence-corrected chi connectivity index (χ3v) is 0.250. The van der Waals surface area contributed by atoms with Crippen molar-refractivity contribution >= 4 is 0 Å². The Hall–Kier alpha value is 0.543. The second-order valence-electron chi connectivity index (χ2n) is 0.750. The summed E-state index contributed by atoms with van der Waals surface area (Å²) >= 11 is 0. The van der Waals surface area contributed by atoms with Crippen LogP contribution in [0.5, 0.6) is 0 Å². The molecular formula is C2H5NOZn. The molecular weight excluding hydrogens is 119 g/mol. The van der Waals surface area contributed by atoms with Gasteiger partial charge in [-0.3, -0.25) is 0 Å². The van der Waals surface area contributed by atoms with Crippen LogP contribution >= 0.6 is 0 Å². The molecule has 0 radical (unpaired) electrons. The Bertz CT molecular complexity index is 14.4. The molecule has 0 atom stereocenters. The van der Waals surface area contributed by atoms with E-state index >= 15 is 0 Å². The van der Waals surface area contributed by atoms with E-state index in [0.717, 1.165) is 0 Å². The normalized spacial score (nSPS) is 14.4. The summed E-state index contributed by atoms with van der Waals surface area (Å²) in [5, 5.41) is 3.00. The smallest absolute Gasteiger partial charge is 2.00 e. The predicted molar refractivity (Wildman–Crippen MR) is 13.6 cm³/mol. The maximum atomic E-state index is 3.00. The molecule has 0 saturated carbocycles. The van der Waals surface area contributed by atoms with Crippen molar-refractivity contribution in [2.75, 3.05) is 13.1 Å². The maximum Gasteiger partial charge on any atom is 2.00 e. The molecule has 1 aliphatic heterocycles. The van der Waals surface area contributed by atoms with Gasteiger partial charge in [0.25, 0.3) is 0 Å². The zero-order valence-electron chi connectivity index (χ0n) is 3.03. The summed E-state index contributed by atoms with van der Waals surface area (Å²) in [6.07, 6.45) is 0. The van der Waals surface area contributed by atoms with Gasteiger partial charge in [0.1, 0.15) is 0 Å². The van der Waals surface area contributed by atoms with Crippen LogP contribution in [0.2, 0.25) is 0 Å². The Morgan fingerprint density at radius 1 is 1.20 bits per heavy atom. The van der Waals surface area contributed by atoms with Crippen molar-refractivity contribution in [1.29, 1.82) is 0 Å². The summed E-state index contributed by atoms with van der Waals surface area (Å²) in [6.45, 7) is 2.50. The van der Waals surface area contributed by atoms with E-state index < -0.39 is 0 Å². The van der Waals surface area contributed by atoms with Gasteiger partial charge in [-0.2, -0.15) is 0 Å². The SMILES string of the molecule is C1CN1.[O-2].[Zn+2]. The van der Waals surface area contributed by atoms with E-state index in [-0.39, 0.29) is 25.0 Å². The van der Waals surface area contributed by atoms with Gasteiger partial charge >= 0.3 is 19.5 Å². The molecule has 1 N–H and O–H groups in total. The van der Waals surface area contributed by atoms with E-state index in [1.54, 1.807) is 0 Å². The third kappa shape index (κ3) is 12.3. The van der Waals surface area contributed by atoms with E-state index in [1.165, 1.54) is 13.1 Å². The quantitative estimate of drug-likeness (QED) is 0.343. The van der Waals surface area contributed by atoms with Gasteiger partial charge < -0.3 is 10.8 Å². The van der Waals surface area contributed by atoms with Gasteiger partial charge in [-0.25, -0.2) is 0 Å². The molecule has 5 heavy (non-hydrogen) atoms. The van der Waals surface area contributed by atoms with E-state index in [2.05, 4.69) is 5.32 Å². The van der Waals surface area contributed by atoms with Gasteiger partial charge in [0, 0.05) is 13.1 Å². The minimum atomic E-state index is 0. The zero-order chi connectivity index (χ0) is 2.12. The molecule has 2 nitrogen and oxygen atoms in total. The van der Waals surface area contributed by atoms with Crippen LogP contribution in [0, 0.1) is 0 Å². The molecule has 0 aromatic rings. The Kier molecular flexibility index (Phi) is 8.28. The maximum absolute atomic E-state index is 3.00. The largest absolute Gasteiger partial charge is 2.00 e. The third-order valence-electron chi connectivity index (χ3n) is 0.250. The van der Waals surface area contributed by atoms with E-state index in [1.807, 2.05) is 0 Å². The van der Waals surface area contributed by atoms with Crippen molar-refractivity contribution in [3.8, 4) is 0 Å². The van der Waals surface area contributed by atoms with Crippen molar-refractivity contribution in [3.05, 3.63) is 0 Å². The van der Waals surface area contributed by atoms with Gasteiger partial charge in [-0.05, 0) is 0 Å². The first-order chi connectivity index (χ1) is 1.50. The summed E-state index contributed by atoms with van der Waals surface area (Å²) in [5.74, 6) is 0. The van der Waals surface area contributed by atoms with Crippen LogP contribution in [0.3, 0.4) is 0 Å². The van der Waals surface area contributed by atoms with Crippen LogP contribution in [0.15, 0.2) is 0 Å². The summed E-state index contributed by atoms with van der Waals surface area (Å²) in [4.78, 5) is 0. The molecule has 26 valence electrons. The number of hydrogen-bond acceptors (Lipinski definition) is 1. The van der Waals surface area contributed by atoms with Crippen LogP contribution < -0.4 is 5.32 Å². The minimum Gasteiger partial charge on any atom is -2.00 e. The first kappa shape index (κ1) is 9.11. The van der Waals surface area contributed by atoms with Crippen molar-refractivity contribution in [2.45, 2.75) is 0 Å². The molecule has 3 heteroatoms. The fraction of sp³-hybridized carbons (Fsp3) is 1.00. The zero-order valence-corrected chi connectivity index (χ0v) is 6.00. The summed E-state index contributed by atoms with van der Waals surface area (Å²) < 4.78 is 0. The molecule has 1 saturated heterocycles. The van der Waals surface area contributed by atoms with Crippen molar-refractivity contribution < 1.29 is 25.0 Å². The monoisotopic (exact) mass is 123 g/mol. The molecule has 0 bridgehead atoms. The number of rotatable bonds is 0. The predicted octanol–water partition coefficient (Wildman–Crippen LogP) is -0.532. The number of nitrogens with one attached hydrogen (secondary N) is 1. The van der Waals surface area contributed by atoms with E-state index in [0.29, 0.717) is 0 Å². The molecule has 1 rings (SSSR count). The standard InChI is InChI=1S/C2H5N.O.Zn/c1-2-3-1;;/h3H,1-2H2;;/q;-2;+2. The van der Waals surface area contributed by atoms with Crippen LogP contribution in [0.25, 0.3) is 0 Å². The van der Waals surface area contributed by atoms with Gasteiger partial charge in [-0.15, -0.1) is 0 Å². The molecule has 1 aliphatic rings. The fourth-order valence-electron chi connectivity index (χ4n) is 0. The molecule has 1 heterocycles. The molecule has 0 aromatic carbocycles. The molecule has 0 aliphatic carbocycles. The Balaban J connectivity index is 0. The van der Waals surface area contributed by atoms with Gasteiger partial charge in [-0.1, -0.05) is 0 Å². The van der Waals surface area contributed by atoms with Crippen LogP contribution in [-0.2, 0) is 25.0 Å². The molecule has 0 spiro atoms. The van der Waals surface area contributed by atoms with Crippen LogP contribution in [-0.4, -0.2) is 13.1 Å². The average molecular weight is 124 g/mol. The fourth-order valence-corrected chi connectivity index (χ4v) is 0. The van der Waals surface area contributed by atoms with E-state index in [4.69, 9.17) is 0 Å². The summed E-state index contributed by atoms with van der Waals surface area (Å²) in [5.41, 5.74) is 0. The van der Waals surface area contributed by atoms with Gasteiger partial charge in [0.2, 0.25) is 0 Å². The topological polar surface area (TPSA) is 50.4 Å². The number of hydrogen-bond donors (Lipinski definition) is 1. The Labute approximate surface area is 44.0 Å². The second kappa shape index (κ2) is 4.54. The molecule has 0 aromatic heterocycles. The molecule has 1 fully saturated rings. The average Bonchev–Trinajstić information content (AvgIpc) is 1.46. The van der Waals surface area contributed by atoms with Crippen molar-refractivity contribution in [3.63, 3.8) is 0 Å². The first-order valence-corrected chi connectivity index (χ1v) is 1.21. The molecule has 0 amide bonds. The van der Waals surface area contributed by atoms with Crippen molar-refractivity contribution in [1.82, 2.24) is 5.32 Å². The van der Waals surface area contributed by atoms with Crippen LogP contribution in [0.4, 0.5) is 0 Å². The first-order valence-electron chi connectivity index (χ1n) is 1.21. The Morgan fingerprint density at radius 2 is 1.40 bits per heavy atom. The van der Waals surface area contributed by atoms with Gasteiger partial charge in [0.05, 0.1) is 0 Å². The summed E-state index contributed by atoms with van der Waals surface area (Å²) in [7, 11) is 0. The summed E-state index contributed by atoms with van der Waals surface area (Å²) in [6, 6.07) is 0. The van der Waals surface area contributed by atoms with Crippen LogP contribution in [0.1, 0.15) is 0 Å².